The van der Waals surface area contributed by atoms with Gasteiger partial charge in [0, 0.05) is 5.56 Å². The molecule has 4 rings (SSSR count). The molecule has 0 aliphatic carbocycles. The van der Waals surface area contributed by atoms with Gasteiger partial charge in [-0.3, -0.25) is 4.79 Å². The highest BCUT2D eigenvalue weighted by atomic mass is 35.5. The quantitative estimate of drug-likeness (QED) is 0.250. The van der Waals surface area contributed by atoms with Gasteiger partial charge in [-0.25, -0.2) is 4.98 Å². The molecule has 0 saturated carbocycles. The smallest absolute Gasteiger partial charge is 0.416 e. The molecule has 6 nitrogen and oxygen atoms in total. The topological polar surface area (TPSA) is 77.0 Å². The molecule has 0 unspecified atom stereocenters. The van der Waals surface area contributed by atoms with E-state index in [4.69, 9.17) is 16.3 Å². The van der Waals surface area contributed by atoms with E-state index in [0.717, 1.165) is 56.9 Å². The van der Waals surface area contributed by atoms with Gasteiger partial charge < -0.3 is 10.1 Å². The minimum Gasteiger partial charge on any atom is -0.497 e. The summed E-state index contributed by atoms with van der Waals surface area (Å²) in [5.74, 6) is 0.135. The average molecular weight is 551 g/mol. The first kappa shape index (κ1) is 25.9. The number of aryl methyl sites for hydroxylation is 1. The molecule has 0 aliphatic rings. The van der Waals surface area contributed by atoms with Crippen molar-refractivity contribution in [2.45, 2.75) is 18.1 Å². The summed E-state index contributed by atoms with van der Waals surface area (Å²) in [6, 6.07) is 13.9. The number of amides is 1. The first-order valence-electron chi connectivity index (χ1n) is 10.4. The molecule has 2 heterocycles. The van der Waals surface area contributed by atoms with Crippen molar-refractivity contribution in [2.75, 3.05) is 18.2 Å². The van der Waals surface area contributed by atoms with E-state index in [1.165, 1.54) is 11.3 Å². The van der Waals surface area contributed by atoms with Gasteiger partial charge in [0.2, 0.25) is 5.91 Å². The van der Waals surface area contributed by atoms with Crippen LogP contribution in [0, 0.1) is 6.92 Å². The molecule has 0 radical (unpaired) electrons. The Hall–Kier alpha value is -3.15. The van der Waals surface area contributed by atoms with Crippen LogP contribution in [0.3, 0.4) is 0 Å². The molecule has 1 N–H and O–H groups in total. The summed E-state index contributed by atoms with van der Waals surface area (Å²) in [6.07, 6.45) is -4.54. The SMILES string of the molecule is COc1cccc(-c2nc(C)c(-c3ccc(SCC(=O)Nc4cc(C(F)(F)F)ccc4Cl)nn3)s2)c1. The fourth-order valence-corrected chi connectivity index (χ4v) is 4.96. The summed E-state index contributed by atoms with van der Waals surface area (Å²) in [4.78, 5) is 17.8. The van der Waals surface area contributed by atoms with Crippen LogP contribution in [0.1, 0.15) is 11.3 Å². The number of aromatic nitrogens is 3. The van der Waals surface area contributed by atoms with Crippen molar-refractivity contribution in [3.63, 3.8) is 0 Å². The van der Waals surface area contributed by atoms with E-state index >= 15 is 0 Å². The molecule has 0 atom stereocenters. The van der Waals surface area contributed by atoms with Crippen molar-refractivity contribution in [1.82, 2.24) is 15.2 Å². The van der Waals surface area contributed by atoms with Crippen LogP contribution in [0.4, 0.5) is 18.9 Å². The fraction of sp³-hybridized carbons (Fsp3) is 0.167. The third kappa shape index (κ3) is 6.15. The summed E-state index contributed by atoms with van der Waals surface area (Å²) in [6.45, 7) is 1.89. The van der Waals surface area contributed by atoms with Gasteiger partial charge in [0.05, 0.1) is 39.7 Å². The average Bonchev–Trinajstić information content (AvgIpc) is 3.25. The first-order chi connectivity index (χ1) is 17.1. The second-order valence-electron chi connectivity index (χ2n) is 7.45. The number of alkyl halides is 3. The Morgan fingerprint density at radius 2 is 1.94 bits per heavy atom. The highest BCUT2D eigenvalue weighted by molar-refractivity contribution is 7.99. The zero-order chi connectivity index (χ0) is 25.9. The van der Waals surface area contributed by atoms with Gasteiger partial charge in [0.15, 0.2) is 0 Å². The number of ether oxygens (including phenoxy) is 1. The number of carbonyl (C=O) groups excluding carboxylic acids is 1. The number of benzene rings is 2. The summed E-state index contributed by atoms with van der Waals surface area (Å²) in [5, 5.41) is 12.2. The molecule has 1 amide bonds. The molecular weight excluding hydrogens is 533 g/mol. The van der Waals surface area contributed by atoms with Crippen LogP contribution in [-0.4, -0.2) is 34.0 Å². The normalized spacial score (nSPS) is 11.4. The van der Waals surface area contributed by atoms with Gasteiger partial charge in [-0.2, -0.15) is 13.2 Å². The van der Waals surface area contributed by atoms with Crippen molar-refractivity contribution < 1.29 is 22.7 Å². The molecule has 0 spiro atoms. The Labute approximate surface area is 217 Å². The number of methoxy groups -OCH3 is 1. The number of hydrogen-bond acceptors (Lipinski definition) is 7. The van der Waals surface area contributed by atoms with E-state index in [-0.39, 0.29) is 16.5 Å². The molecular formula is C24H18ClF3N4O2S2. The Morgan fingerprint density at radius 3 is 2.64 bits per heavy atom. The monoisotopic (exact) mass is 550 g/mol. The lowest BCUT2D eigenvalue weighted by Crippen LogP contribution is -2.15. The van der Waals surface area contributed by atoms with Crippen molar-refractivity contribution in [3.05, 3.63) is 70.9 Å². The van der Waals surface area contributed by atoms with E-state index in [1.807, 2.05) is 31.2 Å². The predicted molar refractivity (Wildman–Crippen MR) is 136 cm³/mol. The van der Waals surface area contributed by atoms with Crippen LogP contribution < -0.4 is 10.1 Å². The lowest BCUT2D eigenvalue weighted by atomic mass is 10.2. The second kappa shape index (κ2) is 10.9. The maximum atomic E-state index is 12.9. The molecule has 2 aromatic carbocycles. The van der Waals surface area contributed by atoms with Crippen LogP contribution >= 0.6 is 34.7 Å². The zero-order valence-corrected chi connectivity index (χ0v) is 21.3. The van der Waals surface area contributed by atoms with Crippen LogP contribution in [0.25, 0.3) is 21.1 Å². The minimum atomic E-state index is -4.54. The molecule has 0 bridgehead atoms. The number of nitrogens with one attached hydrogen (secondary N) is 1. The van der Waals surface area contributed by atoms with E-state index in [2.05, 4.69) is 20.5 Å². The first-order valence-corrected chi connectivity index (χ1v) is 12.6. The molecule has 36 heavy (non-hydrogen) atoms. The largest absolute Gasteiger partial charge is 0.497 e. The Morgan fingerprint density at radius 1 is 1.14 bits per heavy atom. The molecule has 2 aromatic heterocycles. The number of nitrogens with zero attached hydrogens (tertiary/aromatic N) is 3. The molecule has 12 heteroatoms. The van der Waals surface area contributed by atoms with Gasteiger partial charge in [0.25, 0.3) is 0 Å². The maximum Gasteiger partial charge on any atom is 0.416 e. The van der Waals surface area contributed by atoms with Crippen LogP contribution in [0.15, 0.2) is 59.6 Å². The number of carbonyl (C=O) groups is 1. The summed E-state index contributed by atoms with van der Waals surface area (Å²) in [5.41, 5.74) is 1.38. The van der Waals surface area contributed by atoms with E-state index in [0.29, 0.717) is 10.7 Å². The van der Waals surface area contributed by atoms with Crippen LogP contribution in [-0.2, 0) is 11.0 Å². The van der Waals surface area contributed by atoms with Gasteiger partial charge >= 0.3 is 6.18 Å². The van der Waals surface area contributed by atoms with E-state index in [9.17, 15) is 18.0 Å². The lowest BCUT2D eigenvalue weighted by molar-refractivity contribution is -0.137. The number of hydrogen-bond donors (Lipinski definition) is 1. The zero-order valence-electron chi connectivity index (χ0n) is 18.9. The minimum absolute atomic E-state index is 0.0127. The summed E-state index contributed by atoms with van der Waals surface area (Å²) in [7, 11) is 1.61. The fourth-order valence-electron chi connectivity index (χ4n) is 3.15. The number of anilines is 1. The highest BCUT2D eigenvalue weighted by Crippen LogP contribution is 2.36. The van der Waals surface area contributed by atoms with Gasteiger partial charge in [0.1, 0.15) is 21.5 Å². The Kier molecular flexibility index (Phi) is 7.82. The van der Waals surface area contributed by atoms with Gasteiger partial charge in [-0.1, -0.05) is 35.5 Å². The highest BCUT2D eigenvalue weighted by Gasteiger charge is 2.31. The van der Waals surface area contributed by atoms with Gasteiger partial charge in [-0.15, -0.1) is 21.5 Å². The number of rotatable bonds is 7. The Bertz CT molecular complexity index is 1400. The van der Waals surface area contributed by atoms with Crippen molar-refractivity contribution in [1.29, 1.82) is 0 Å². The number of halogens is 4. The van der Waals surface area contributed by atoms with Gasteiger partial charge in [-0.05, 0) is 49.4 Å². The van der Waals surface area contributed by atoms with Crippen molar-refractivity contribution >= 4 is 46.3 Å². The van der Waals surface area contributed by atoms with Crippen LogP contribution in [0.2, 0.25) is 5.02 Å². The van der Waals surface area contributed by atoms with E-state index < -0.39 is 17.6 Å². The summed E-state index contributed by atoms with van der Waals surface area (Å²) < 4.78 is 44.0. The number of thioether (sulfide) groups is 1. The maximum absolute atomic E-state index is 12.9. The molecule has 0 aliphatic heterocycles. The van der Waals surface area contributed by atoms with Crippen molar-refractivity contribution in [3.8, 4) is 26.9 Å². The van der Waals surface area contributed by atoms with Crippen LogP contribution in [0.5, 0.6) is 5.75 Å². The Balaban J connectivity index is 1.41. The second-order valence-corrected chi connectivity index (χ2v) is 9.85. The van der Waals surface area contributed by atoms with E-state index in [1.54, 1.807) is 19.2 Å². The number of thiazole rings is 1. The van der Waals surface area contributed by atoms with Crippen molar-refractivity contribution in [2.24, 2.45) is 0 Å². The summed E-state index contributed by atoms with van der Waals surface area (Å²) >= 11 is 8.51. The standard InChI is InChI=1S/C24H18ClF3N4O2S2/c1-13-22(36-23(29-13)14-4-3-5-16(10-14)34-2)18-8-9-21(32-31-18)35-12-20(33)30-19-11-15(24(26,27)28)6-7-17(19)25/h3-11H,12H2,1-2H3,(H,30,33). The molecule has 0 fully saturated rings. The third-order valence-electron chi connectivity index (χ3n) is 4.90. The predicted octanol–water partition coefficient (Wildman–Crippen LogP) is 6.99. The third-order valence-corrected chi connectivity index (χ3v) is 7.38. The molecule has 186 valence electrons. The molecule has 0 saturated heterocycles. The molecule has 4 aromatic rings. The lowest BCUT2D eigenvalue weighted by Gasteiger charge is -2.11.